The van der Waals surface area contributed by atoms with Crippen molar-refractivity contribution in [2.75, 3.05) is 6.54 Å². The van der Waals surface area contributed by atoms with Crippen LogP contribution >= 0.6 is 0 Å². The average molecular weight is 236 g/mol. The fraction of sp³-hybridized carbons (Fsp3) is 0.643. The molecule has 0 aromatic carbocycles. The van der Waals surface area contributed by atoms with E-state index in [9.17, 15) is 4.39 Å². The molecule has 0 radical (unpaired) electrons. The van der Waals surface area contributed by atoms with Crippen LogP contribution in [0, 0.1) is 6.92 Å². The lowest BCUT2D eigenvalue weighted by Crippen LogP contribution is -2.38. The second kappa shape index (κ2) is 5.13. The fourth-order valence-corrected chi connectivity index (χ4v) is 2.68. The number of aromatic nitrogens is 1. The van der Waals surface area contributed by atoms with E-state index in [1.54, 1.807) is 19.3 Å². The molecule has 1 fully saturated rings. The predicted octanol–water partition coefficient (Wildman–Crippen LogP) is 3.11. The summed E-state index contributed by atoms with van der Waals surface area (Å²) in [4.78, 5) is 4.04. The van der Waals surface area contributed by atoms with Gasteiger partial charge >= 0.3 is 0 Å². The van der Waals surface area contributed by atoms with Crippen molar-refractivity contribution in [2.45, 2.75) is 51.2 Å². The van der Waals surface area contributed by atoms with E-state index in [2.05, 4.69) is 10.3 Å². The Morgan fingerprint density at radius 1 is 1.53 bits per heavy atom. The number of rotatable bonds is 3. The van der Waals surface area contributed by atoms with E-state index >= 15 is 0 Å². The molecule has 1 aliphatic rings. The lowest BCUT2D eigenvalue weighted by atomic mass is 9.86. The van der Waals surface area contributed by atoms with Crippen molar-refractivity contribution in [3.05, 3.63) is 29.6 Å². The molecular formula is C14H21FN2. The van der Waals surface area contributed by atoms with Gasteiger partial charge in [0.25, 0.3) is 0 Å². The van der Waals surface area contributed by atoms with Crippen molar-refractivity contribution in [2.24, 2.45) is 0 Å². The van der Waals surface area contributed by atoms with E-state index in [1.165, 1.54) is 12.8 Å². The van der Waals surface area contributed by atoms with Crippen LogP contribution in [0.2, 0.25) is 0 Å². The van der Waals surface area contributed by atoms with E-state index in [4.69, 9.17) is 0 Å². The number of pyridine rings is 1. The lowest BCUT2D eigenvalue weighted by molar-refractivity contribution is 0.145. The first kappa shape index (κ1) is 12.5. The standard InChI is InChI=1S/C14H21FN2/c1-11-6-8-16-10-13(11)14(2,15)9-12-5-3-4-7-17-12/h6,8,10,12,17H,3-5,7,9H2,1-2H3. The number of nitrogens with zero attached hydrogens (tertiary/aromatic N) is 1. The average Bonchev–Trinajstić information content (AvgIpc) is 2.30. The van der Waals surface area contributed by atoms with Crippen LogP contribution in [0.4, 0.5) is 4.39 Å². The van der Waals surface area contributed by atoms with Crippen LogP contribution in [0.15, 0.2) is 18.5 Å². The summed E-state index contributed by atoms with van der Waals surface area (Å²) < 4.78 is 14.8. The Morgan fingerprint density at radius 2 is 2.35 bits per heavy atom. The molecule has 0 spiro atoms. The molecule has 17 heavy (non-hydrogen) atoms. The van der Waals surface area contributed by atoms with Gasteiger partial charge < -0.3 is 5.32 Å². The number of piperidine rings is 1. The molecule has 1 aliphatic heterocycles. The smallest absolute Gasteiger partial charge is 0.136 e. The molecule has 2 unspecified atom stereocenters. The zero-order valence-corrected chi connectivity index (χ0v) is 10.7. The molecule has 2 atom stereocenters. The van der Waals surface area contributed by atoms with Gasteiger partial charge in [-0.3, -0.25) is 4.98 Å². The normalized spacial score (nSPS) is 24.3. The minimum Gasteiger partial charge on any atom is -0.314 e. The molecule has 94 valence electrons. The van der Waals surface area contributed by atoms with Gasteiger partial charge in [-0.15, -0.1) is 0 Å². The molecule has 0 saturated carbocycles. The zero-order chi connectivity index (χ0) is 12.3. The van der Waals surface area contributed by atoms with E-state index in [0.717, 1.165) is 24.1 Å². The summed E-state index contributed by atoms with van der Waals surface area (Å²) in [7, 11) is 0. The number of alkyl halides is 1. The van der Waals surface area contributed by atoms with Gasteiger partial charge in [0.15, 0.2) is 0 Å². The molecule has 1 aromatic rings. The maximum absolute atomic E-state index is 14.8. The van der Waals surface area contributed by atoms with Crippen LogP contribution in [0.25, 0.3) is 0 Å². The van der Waals surface area contributed by atoms with Crippen LogP contribution in [0.5, 0.6) is 0 Å². The van der Waals surface area contributed by atoms with Gasteiger partial charge in [0.05, 0.1) is 0 Å². The van der Waals surface area contributed by atoms with Crippen molar-refractivity contribution in [3.63, 3.8) is 0 Å². The molecule has 0 aliphatic carbocycles. The zero-order valence-electron chi connectivity index (χ0n) is 10.7. The van der Waals surface area contributed by atoms with Crippen LogP contribution in [0.3, 0.4) is 0 Å². The Morgan fingerprint density at radius 3 is 3.00 bits per heavy atom. The maximum atomic E-state index is 14.8. The minimum atomic E-state index is -1.28. The highest BCUT2D eigenvalue weighted by atomic mass is 19.1. The summed E-state index contributed by atoms with van der Waals surface area (Å²) in [6, 6.07) is 2.18. The third kappa shape index (κ3) is 3.03. The van der Waals surface area contributed by atoms with E-state index < -0.39 is 5.67 Å². The molecule has 1 N–H and O–H groups in total. The number of hydrogen-bond donors (Lipinski definition) is 1. The van der Waals surface area contributed by atoms with Crippen molar-refractivity contribution in [1.82, 2.24) is 10.3 Å². The quantitative estimate of drug-likeness (QED) is 0.872. The lowest BCUT2D eigenvalue weighted by Gasteiger charge is -2.30. The van der Waals surface area contributed by atoms with Gasteiger partial charge in [-0.1, -0.05) is 6.42 Å². The van der Waals surface area contributed by atoms with E-state index in [0.29, 0.717) is 12.5 Å². The van der Waals surface area contributed by atoms with Gasteiger partial charge in [-0.25, -0.2) is 4.39 Å². The van der Waals surface area contributed by atoms with Crippen LogP contribution in [0.1, 0.15) is 43.7 Å². The third-order valence-corrected chi connectivity index (χ3v) is 3.64. The monoisotopic (exact) mass is 236 g/mol. The van der Waals surface area contributed by atoms with Crippen molar-refractivity contribution < 1.29 is 4.39 Å². The van der Waals surface area contributed by atoms with Gasteiger partial charge in [0.2, 0.25) is 0 Å². The molecule has 0 bridgehead atoms. The first-order chi connectivity index (χ1) is 8.09. The van der Waals surface area contributed by atoms with Gasteiger partial charge in [-0.2, -0.15) is 0 Å². The predicted molar refractivity (Wildman–Crippen MR) is 67.7 cm³/mol. The number of nitrogens with one attached hydrogen (secondary N) is 1. The largest absolute Gasteiger partial charge is 0.314 e. The minimum absolute atomic E-state index is 0.304. The first-order valence-electron chi connectivity index (χ1n) is 6.43. The molecule has 1 saturated heterocycles. The number of halogens is 1. The molecule has 2 nitrogen and oxygen atoms in total. The summed E-state index contributed by atoms with van der Waals surface area (Å²) in [5.41, 5.74) is 0.432. The van der Waals surface area contributed by atoms with E-state index in [-0.39, 0.29) is 0 Å². The van der Waals surface area contributed by atoms with Crippen LogP contribution in [-0.4, -0.2) is 17.6 Å². The molecular weight excluding hydrogens is 215 g/mol. The Hall–Kier alpha value is -0.960. The van der Waals surface area contributed by atoms with E-state index in [1.807, 2.05) is 13.0 Å². The molecule has 0 amide bonds. The first-order valence-corrected chi connectivity index (χ1v) is 6.43. The van der Waals surface area contributed by atoms with Gasteiger partial charge in [0, 0.05) is 30.4 Å². The number of hydrogen-bond acceptors (Lipinski definition) is 2. The molecule has 3 heteroatoms. The highest BCUT2D eigenvalue weighted by Crippen LogP contribution is 2.33. The van der Waals surface area contributed by atoms with Crippen LogP contribution < -0.4 is 5.32 Å². The Labute approximate surface area is 103 Å². The SMILES string of the molecule is Cc1ccncc1C(C)(F)CC1CCCCN1. The summed E-state index contributed by atoms with van der Waals surface area (Å²) in [5, 5.41) is 3.40. The Balaban J connectivity index is 2.10. The highest BCUT2D eigenvalue weighted by molar-refractivity contribution is 5.27. The highest BCUT2D eigenvalue weighted by Gasteiger charge is 2.31. The molecule has 2 heterocycles. The van der Waals surface area contributed by atoms with Crippen molar-refractivity contribution in [3.8, 4) is 0 Å². The topological polar surface area (TPSA) is 24.9 Å². The second-order valence-electron chi connectivity index (χ2n) is 5.24. The summed E-state index contributed by atoms with van der Waals surface area (Å²) in [5.74, 6) is 0. The number of aryl methyl sites for hydroxylation is 1. The third-order valence-electron chi connectivity index (χ3n) is 3.64. The van der Waals surface area contributed by atoms with Gasteiger partial charge in [0.1, 0.15) is 5.67 Å². The van der Waals surface area contributed by atoms with Gasteiger partial charge in [-0.05, 0) is 44.9 Å². The van der Waals surface area contributed by atoms with Crippen molar-refractivity contribution in [1.29, 1.82) is 0 Å². The summed E-state index contributed by atoms with van der Waals surface area (Å²) in [6.45, 7) is 4.64. The Bertz CT molecular complexity index is 370. The molecule has 2 rings (SSSR count). The second-order valence-corrected chi connectivity index (χ2v) is 5.24. The Kier molecular flexibility index (Phi) is 3.77. The molecule has 1 aromatic heterocycles. The van der Waals surface area contributed by atoms with Crippen LogP contribution in [-0.2, 0) is 5.67 Å². The fourth-order valence-electron chi connectivity index (χ4n) is 2.68. The summed E-state index contributed by atoms with van der Waals surface area (Å²) >= 11 is 0. The van der Waals surface area contributed by atoms with Crippen molar-refractivity contribution >= 4 is 0 Å². The summed E-state index contributed by atoms with van der Waals surface area (Å²) in [6.07, 6.45) is 7.43. The maximum Gasteiger partial charge on any atom is 0.136 e.